The second-order valence-electron chi connectivity index (χ2n) is 7.44. The number of rotatable bonds is 6. The van der Waals surface area contributed by atoms with Gasteiger partial charge in [-0.2, -0.15) is 0 Å². The molecule has 30 heavy (non-hydrogen) atoms. The molecule has 1 fully saturated rings. The lowest BCUT2D eigenvalue weighted by atomic mass is 9.94. The maximum absolute atomic E-state index is 12.7. The molecule has 0 saturated carbocycles. The third-order valence-electron chi connectivity index (χ3n) is 5.73. The standard InChI is InChI=1S/C22H28N4O3.ClH/c1-28-20-8-7-15(11-21(20)29-2)17-12-18(26-25-17)22(27)24-13-19-16-6-4-3-5-14(16)9-10-23-19;/h3-8,11,17-19,23,25-26H,9-10,12-13H2,1-2H3,(H,24,27);1H. The number of hydrogen-bond donors (Lipinski definition) is 4. The number of halogens is 1. The van der Waals surface area contributed by atoms with Gasteiger partial charge in [0.25, 0.3) is 0 Å². The lowest BCUT2D eigenvalue weighted by Crippen LogP contribution is -2.46. The predicted molar refractivity (Wildman–Crippen MR) is 118 cm³/mol. The molecule has 2 aliphatic heterocycles. The molecule has 4 N–H and O–H groups in total. The van der Waals surface area contributed by atoms with E-state index in [0.29, 0.717) is 24.5 Å². The van der Waals surface area contributed by atoms with Crippen molar-refractivity contribution in [1.29, 1.82) is 0 Å². The maximum Gasteiger partial charge on any atom is 0.238 e. The molecule has 0 bridgehead atoms. The van der Waals surface area contributed by atoms with Crippen molar-refractivity contribution in [2.24, 2.45) is 0 Å². The minimum absolute atomic E-state index is 0. The molecule has 1 saturated heterocycles. The van der Waals surface area contributed by atoms with Gasteiger partial charge in [0.2, 0.25) is 5.91 Å². The first-order valence-corrected chi connectivity index (χ1v) is 10.0. The number of hydrogen-bond acceptors (Lipinski definition) is 6. The fourth-order valence-corrected chi connectivity index (χ4v) is 4.12. The summed E-state index contributed by atoms with van der Waals surface area (Å²) in [6.07, 6.45) is 1.69. The number of carbonyl (C=O) groups excluding carboxylic acids is 1. The first kappa shape index (κ1) is 22.4. The average Bonchev–Trinajstić information content (AvgIpc) is 3.27. The van der Waals surface area contributed by atoms with Crippen molar-refractivity contribution >= 4 is 18.3 Å². The molecule has 2 aromatic rings. The normalized spacial score (nSPS) is 22.5. The van der Waals surface area contributed by atoms with Gasteiger partial charge in [0.05, 0.1) is 14.2 Å². The number of carbonyl (C=O) groups is 1. The predicted octanol–water partition coefficient (Wildman–Crippen LogP) is 2.04. The summed E-state index contributed by atoms with van der Waals surface area (Å²) in [5.74, 6) is 1.38. The molecule has 162 valence electrons. The fraction of sp³-hybridized carbons (Fsp3) is 0.409. The van der Waals surface area contributed by atoms with Crippen LogP contribution >= 0.6 is 12.4 Å². The van der Waals surface area contributed by atoms with Gasteiger partial charge in [0, 0.05) is 18.6 Å². The second-order valence-corrected chi connectivity index (χ2v) is 7.44. The molecule has 1 amide bonds. The monoisotopic (exact) mass is 432 g/mol. The summed E-state index contributed by atoms with van der Waals surface area (Å²) < 4.78 is 10.7. The molecule has 3 unspecified atom stereocenters. The average molecular weight is 433 g/mol. The Morgan fingerprint density at radius 3 is 2.70 bits per heavy atom. The Labute approximate surface area is 183 Å². The van der Waals surface area contributed by atoms with E-state index in [2.05, 4.69) is 45.8 Å². The molecule has 2 heterocycles. The minimum Gasteiger partial charge on any atom is -0.493 e. The number of nitrogens with one attached hydrogen (secondary N) is 4. The first-order valence-electron chi connectivity index (χ1n) is 10.0. The lowest BCUT2D eigenvalue weighted by Gasteiger charge is -2.27. The second kappa shape index (κ2) is 10.1. The topological polar surface area (TPSA) is 83.7 Å². The zero-order valence-corrected chi connectivity index (χ0v) is 18.1. The van der Waals surface area contributed by atoms with Gasteiger partial charge in [-0.05, 0) is 48.2 Å². The van der Waals surface area contributed by atoms with Crippen molar-refractivity contribution in [2.75, 3.05) is 27.3 Å². The molecule has 8 heteroatoms. The van der Waals surface area contributed by atoms with E-state index in [9.17, 15) is 4.79 Å². The van der Waals surface area contributed by atoms with Gasteiger partial charge >= 0.3 is 0 Å². The van der Waals surface area contributed by atoms with E-state index in [0.717, 1.165) is 18.5 Å². The van der Waals surface area contributed by atoms with E-state index in [4.69, 9.17) is 9.47 Å². The minimum atomic E-state index is -0.285. The van der Waals surface area contributed by atoms with Gasteiger partial charge in [-0.15, -0.1) is 12.4 Å². The largest absolute Gasteiger partial charge is 0.493 e. The molecule has 3 atom stereocenters. The van der Waals surface area contributed by atoms with Gasteiger partial charge in [0.1, 0.15) is 6.04 Å². The van der Waals surface area contributed by atoms with Crippen LogP contribution in [-0.4, -0.2) is 39.3 Å². The lowest BCUT2D eigenvalue weighted by molar-refractivity contribution is -0.123. The number of fused-ring (bicyclic) bond motifs is 1. The first-order chi connectivity index (χ1) is 14.2. The third kappa shape index (κ3) is 4.70. The van der Waals surface area contributed by atoms with Crippen LogP contribution in [0.15, 0.2) is 42.5 Å². The molecule has 0 aliphatic carbocycles. The molecule has 0 aromatic heterocycles. The summed E-state index contributed by atoms with van der Waals surface area (Å²) in [5.41, 5.74) is 10.0. The number of methoxy groups -OCH3 is 2. The van der Waals surface area contributed by atoms with Gasteiger partial charge < -0.3 is 20.1 Å². The Kier molecular flexibility index (Phi) is 7.55. The van der Waals surface area contributed by atoms with E-state index in [1.54, 1.807) is 14.2 Å². The van der Waals surface area contributed by atoms with Gasteiger partial charge in [-0.1, -0.05) is 30.3 Å². The van der Waals surface area contributed by atoms with Gasteiger partial charge in [0.15, 0.2) is 11.5 Å². The maximum atomic E-state index is 12.7. The molecule has 0 spiro atoms. The van der Waals surface area contributed by atoms with Crippen LogP contribution in [0.3, 0.4) is 0 Å². The molecule has 4 rings (SSSR count). The van der Waals surface area contributed by atoms with Crippen LogP contribution in [0.25, 0.3) is 0 Å². The summed E-state index contributed by atoms with van der Waals surface area (Å²) in [6, 6.07) is 14.1. The van der Waals surface area contributed by atoms with Crippen molar-refractivity contribution < 1.29 is 14.3 Å². The van der Waals surface area contributed by atoms with Crippen LogP contribution < -0.4 is 31.0 Å². The van der Waals surface area contributed by atoms with E-state index >= 15 is 0 Å². The molecule has 2 aromatic carbocycles. The summed E-state index contributed by atoms with van der Waals surface area (Å²) >= 11 is 0. The van der Waals surface area contributed by atoms with Crippen LogP contribution in [-0.2, 0) is 11.2 Å². The Balaban J connectivity index is 0.00000256. The summed E-state index contributed by atoms with van der Waals surface area (Å²) in [5, 5.41) is 6.60. The number of ether oxygens (including phenoxy) is 2. The van der Waals surface area contributed by atoms with Crippen molar-refractivity contribution in [3.05, 3.63) is 59.2 Å². The highest BCUT2D eigenvalue weighted by Gasteiger charge is 2.31. The molecule has 2 aliphatic rings. The van der Waals surface area contributed by atoms with Gasteiger partial charge in [-0.25, -0.2) is 10.9 Å². The summed E-state index contributed by atoms with van der Waals surface area (Å²) in [6.45, 7) is 1.51. The van der Waals surface area contributed by atoms with E-state index in [-0.39, 0.29) is 36.4 Å². The van der Waals surface area contributed by atoms with Crippen molar-refractivity contribution in [2.45, 2.75) is 31.0 Å². The van der Waals surface area contributed by atoms with E-state index < -0.39 is 0 Å². The Hall–Kier alpha value is -2.32. The summed E-state index contributed by atoms with van der Waals surface area (Å²) in [7, 11) is 3.24. The quantitative estimate of drug-likeness (QED) is 0.559. The Bertz CT molecular complexity index is 879. The van der Waals surface area contributed by atoms with E-state index in [1.807, 2.05) is 18.2 Å². The smallest absolute Gasteiger partial charge is 0.238 e. The fourth-order valence-electron chi connectivity index (χ4n) is 4.12. The SMILES string of the molecule is COc1ccc(C2CC(C(=O)NCC3NCCc4ccccc43)NN2)cc1OC.Cl. The molecular weight excluding hydrogens is 404 g/mol. The van der Waals surface area contributed by atoms with Crippen molar-refractivity contribution in [1.82, 2.24) is 21.5 Å². The van der Waals surface area contributed by atoms with Crippen molar-refractivity contribution in [3.63, 3.8) is 0 Å². The van der Waals surface area contributed by atoms with Crippen LogP contribution in [0.4, 0.5) is 0 Å². The number of amides is 1. The zero-order valence-electron chi connectivity index (χ0n) is 17.2. The number of hydrazine groups is 1. The van der Waals surface area contributed by atoms with Gasteiger partial charge in [-0.3, -0.25) is 4.79 Å². The third-order valence-corrected chi connectivity index (χ3v) is 5.73. The molecule has 7 nitrogen and oxygen atoms in total. The highest BCUT2D eigenvalue weighted by Crippen LogP contribution is 2.32. The highest BCUT2D eigenvalue weighted by molar-refractivity contribution is 5.85. The van der Waals surface area contributed by atoms with Crippen LogP contribution in [0.2, 0.25) is 0 Å². The number of benzene rings is 2. The van der Waals surface area contributed by atoms with Crippen molar-refractivity contribution in [3.8, 4) is 11.5 Å². The Morgan fingerprint density at radius 1 is 1.10 bits per heavy atom. The summed E-state index contributed by atoms with van der Waals surface area (Å²) in [4.78, 5) is 12.7. The van der Waals surface area contributed by atoms with Crippen LogP contribution in [0, 0.1) is 0 Å². The molecular formula is C22H29ClN4O3. The Morgan fingerprint density at radius 2 is 1.90 bits per heavy atom. The zero-order chi connectivity index (χ0) is 20.2. The molecule has 0 radical (unpaired) electrons. The van der Waals surface area contributed by atoms with Crippen LogP contribution in [0.1, 0.15) is 35.2 Å². The van der Waals surface area contributed by atoms with E-state index in [1.165, 1.54) is 11.1 Å². The highest BCUT2D eigenvalue weighted by atomic mass is 35.5. The van der Waals surface area contributed by atoms with Crippen LogP contribution in [0.5, 0.6) is 11.5 Å².